The van der Waals surface area contributed by atoms with E-state index in [1.165, 1.54) is 5.56 Å². The number of aryl methyl sites for hydroxylation is 2. The minimum Gasteiger partial charge on any atom is -0.496 e. The SMILES string of the molecule is COc1cc(C(=O)Nc2ccc(C)c(C)c2)nc2ccc(Cl)cc12. The van der Waals surface area contributed by atoms with Crippen LogP contribution in [0.4, 0.5) is 5.69 Å². The molecule has 0 saturated heterocycles. The summed E-state index contributed by atoms with van der Waals surface area (Å²) in [6.45, 7) is 4.04. The fourth-order valence-corrected chi connectivity index (χ4v) is 2.64. The van der Waals surface area contributed by atoms with Crippen molar-refractivity contribution in [3.05, 3.63) is 64.3 Å². The number of aromatic nitrogens is 1. The fraction of sp³-hybridized carbons (Fsp3) is 0.158. The zero-order valence-electron chi connectivity index (χ0n) is 13.7. The molecule has 122 valence electrons. The number of rotatable bonds is 3. The van der Waals surface area contributed by atoms with Gasteiger partial charge in [0, 0.05) is 22.2 Å². The summed E-state index contributed by atoms with van der Waals surface area (Å²) in [6, 6.07) is 12.7. The Kier molecular flexibility index (Phi) is 4.40. The number of nitrogens with zero attached hydrogens (tertiary/aromatic N) is 1. The molecule has 3 aromatic rings. The average Bonchev–Trinajstić information content (AvgIpc) is 2.57. The van der Waals surface area contributed by atoms with Crippen molar-refractivity contribution in [3.63, 3.8) is 0 Å². The van der Waals surface area contributed by atoms with Crippen molar-refractivity contribution in [1.29, 1.82) is 0 Å². The van der Waals surface area contributed by atoms with Crippen molar-refractivity contribution < 1.29 is 9.53 Å². The third-order valence-corrected chi connectivity index (χ3v) is 4.19. The van der Waals surface area contributed by atoms with E-state index < -0.39 is 0 Å². The van der Waals surface area contributed by atoms with Gasteiger partial charge < -0.3 is 10.1 Å². The first-order valence-electron chi connectivity index (χ1n) is 7.51. The van der Waals surface area contributed by atoms with Crippen LogP contribution in [0.25, 0.3) is 10.9 Å². The summed E-state index contributed by atoms with van der Waals surface area (Å²) >= 11 is 6.02. The van der Waals surface area contributed by atoms with Gasteiger partial charge in [-0.1, -0.05) is 17.7 Å². The highest BCUT2D eigenvalue weighted by Gasteiger charge is 2.13. The van der Waals surface area contributed by atoms with Crippen LogP contribution in [0.1, 0.15) is 21.6 Å². The Bertz CT molecular complexity index is 938. The molecule has 0 aliphatic heterocycles. The number of amides is 1. The number of methoxy groups -OCH3 is 1. The van der Waals surface area contributed by atoms with Crippen molar-refractivity contribution >= 4 is 34.1 Å². The zero-order chi connectivity index (χ0) is 17.3. The number of fused-ring (bicyclic) bond motifs is 1. The summed E-state index contributed by atoms with van der Waals surface area (Å²) in [6.07, 6.45) is 0. The van der Waals surface area contributed by atoms with E-state index in [0.717, 1.165) is 16.6 Å². The Balaban J connectivity index is 1.97. The molecular formula is C19H17ClN2O2. The molecule has 0 bridgehead atoms. The first kappa shape index (κ1) is 16.3. The standard InChI is InChI=1S/C19H17ClN2O2/c1-11-4-6-14(8-12(11)2)21-19(23)17-10-18(24-3)15-9-13(20)5-7-16(15)22-17/h4-10H,1-3H3,(H,21,23). The van der Waals surface area contributed by atoms with Crippen LogP contribution in [-0.2, 0) is 0 Å². The van der Waals surface area contributed by atoms with Crippen molar-refractivity contribution in [3.8, 4) is 5.75 Å². The van der Waals surface area contributed by atoms with Gasteiger partial charge >= 0.3 is 0 Å². The minimum absolute atomic E-state index is 0.284. The summed E-state index contributed by atoms with van der Waals surface area (Å²) in [5.41, 5.74) is 3.98. The van der Waals surface area contributed by atoms with E-state index in [0.29, 0.717) is 22.0 Å². The second-order valence-corrected chi connectivity index (χ2v) is 6.06. The van der Waals surface area contributed by atoms with E-state index in [1.807, 2.05) is 32.0 Å². The summed E-state index contributed by atoms with van der Waals surface area (Å²) < 4.78 is 5.38. The molecule has 2 aromatic carbocycles. The second kappa shape index (κ2) is 6.49. The van der Waals surface area contributed by atoms with Crippen LogP contribution < -0.4 is 10.1 Å². The van der Waals surface area contributed by atoms with Crippen molar-refractivity contribution in [1.82, 2.24) is 4.98 Å². The number of pyridine rings is 1. The van der Waals surface area contributed by atoms with Crippen LogP contribution in [-0.4, -0.2) is 18.0 Å². The lowest BCUT2D eigenvalue weighted by Gasteiger charge is -2.10. The quantitative estimate of drug-likeness (QED) is 0.747. The van der Waals surface area contributed by atoms with E-state index in [9.17, 15) is 4.79 Å². The van der Waals surface area contributed by atoms with Crippen LogP contribution >= 0.6 is 11.6 Å². The number of carbonyl (C=O) groups excluding carboxylic acids is 1. The van der Waals surface area contributed by atoms with Crippen molar-refractivity contribution in [2.75, 3.05) is 12.4 Å². The number of hydrogen-bond acceptors (Lipinski definition) is 3. The lowest BCUT2D eigenvalue weighted by molar-refractivity contribution is 0.102. The molecular weight excluding hydrogens is 324 g/mol. The Hall–Kier alpha value is -2.59. The maximum atomic E-state index is 12.5. The number of benzene rings is 2. The number of carbonyl (C=O) groups is 1. The molecule has 0 fully saturated rings. The van der Waals surface area contributed by atoms with Gasteiger partial charge in [0.15, 0.2) is 0 Å². The summed E-state index contributed by atoms with van der Waals surface area (Å²) in [5.74, 6) is 0.279. The minimum atomic E-state index is -0.284. The maximum absolute atomic E-state index is 12.5. The molecule has 0 aliphatic rings. The Morgan fingerprint density at radius 3 is 2.58 bits per heavy atom. The van der Waals surface area contributed by atoms with Crippen molar-refractivity contribution in [2.45, 2.75) is 13.8 Å². The molecule has 1 heterocycles. The Morgan fingerprint density at radius 2 is 1.88 bits per heavy atom. The summed E-state index contributed by atoms with van der Waals surface area (Å²) in [5, 5.41) is 4.23. The molecule has 0 spiro atoms. The molecule has 5 heteroatoms. The first-order chi connectivity index (χ1) is 11.5. The molecule has 0 aliphatic carbocycles. The van der Waals surface area contributed by atoms with Gasteiger partial charge in [0.2, 0.25) is 0 Å². The lowest BCUT2D eigenvalue weighted by Crippen LogP contribution is -2.14. The third kappa shape index (κ3) is 3.19. The predicted octanol–water partition coefficient (Wildman–Crippen LogP) is 4.77. The number of halogens is 1. The molecule has 0 unspecified atom stereocenters. The summed E-state index contributed by atoms with van der Waals surface area (Å²) in [4.78, 5) is 16.9. The normalized spacial score (nSPS) is 10.7. The van der Waals surface area contributed by atoms with Gasteiger partial charge in [0.1, 0.15) is 11.4 Å². The van der Waals surface area contributed by atoms with Gasteiger partial charge in [-0.25, -0.2) is 4.98 Å². The molecule has 3 rings (SSSR count). The fourth-order valence-electron chi connectivity index (χ4n) is 2.47. The monoisotopic (exact) mass is 340 g/mol. The molecule has 1 amide bonds. The summed E-state index contributed by atoms with van der Waals surface area (Å²) in [7, 11) is 1.56. The highest BCUT2D eigenvalue weighted by Crippen LogP contribution is 2.28. The van der Waals surface area contributed by atoms with E-state index in [4.69, 9.17) is 16.3 Å². The number of nitrogens with one attached hydrogen (secondary N) is 1. The van der Waals surface area contributed by atoms with Gasteiger partial charge in [0.05, 0.1) is 12.6 Å². The van der Waals surface area contributed by atoms with E-state index in [2.05, 4.69) is 10.3 Å². The number of ether oxygens (including phenoxy) is 1. The van der Waals surface area contributed by atoms with Crippen LogP contribution in [0.2, 0.25) is 5.02 Å². The van der Waals surface area contributed by atoms with Gasteiger partial charge in [-0.3, -0.25) is 4.79 Å². The van der Waals surface area contributed by atoms with Gasteiger partial charge in [-0.2, -0.15) is 0 Å². The highest BCUT2D eigenvalue weighted by atomic mass is 35.5. The molecule has 0 atom stereocenters. The molecule has 0 radical (unpaired) electrons. The van der Waals surface area contributed by atoms with Gasteiger partial charge in [-0.15, -0.1) is 0 Å². The zero-order valence-corrected chi connectivity index (χ0v) is 14.4. The lowest BCUT2D eigenvalue weighted by atomic mass is 10.1. The maximum Gasteiger partial charge on any atom is 0.274 e. The van der Waals surface area contributed by atoms with Gasteiger partial charge in [-0.05, 0) is 55.3 Å². The number of hydrogen-bond donors (Lipinski definition) is 1. The van der Waals surface area contributed by atoms with Crippen molar-refractivity contribution in [2.24, 2.45) is 0 Å². The largest absolute Gasteiger partial charge is 0.496 e. The molecule has 1 N–H and O–H groups in total. The second-order valence-electron chi connectivity index (χ2n) is 5.62. The molecule has 4 nitrogen and oxygen atoms in total. The van der Waals surface area contributed by atoms with Crippen LogP contribution in [0, 0.1) is 13.8 Å². The Labute approximate surface area is 145 Å². The Morgan fingerprint density at radius 1 is 1.08 bits per heavy atom. The smallest absolute Gasteiger partial charge is 0.274 e. The van der Waals surface area contributed by atoms with Crippen LogP contribution in [0.15, 0.2) is 42.5 Å². The molecule has 24 heavy (non-hydrogen) atoms. The third-order valence-electron chi connectivity index (χ3n) is 3.95. The molecule has 0 saturated carbocycles. The molecule has 1 aromatic heterocycles. The first-order valence-corrected chi connectivity index (χ1v) is 7.88. The van der Waals surface area contributed by atoms with Crippen LogP contribution in [0.3, 0.4) is 0 Å². The van der Waals surface area contributed by atoms with E-state index >= 15 is 0 Å². The van der Waals surface area contributed by atoms with E-state index in [-0.39, 0.29) is 5.91 Å². The number of anilines is 1. The van der Waals surface area contributed by atoms with E-state index in [1.54, 1.807) is 31.4 Å². The average molecular weight is 341 g/mol. The topological polar surface area (TPSA) is 51.2 Å². The van der Waals surface area contributed by atoms with Gasteiger partial charge in [0.25, 0.3) is 5.91 Å². The highest BCUT2D eigenvalue weighted by molar-refractivity contribution is 6.31. The van der Waals surface area contributed by atoms with Crippen LogP contribution in [0.5, 0.6) is 5.75 Å². The predicted molar refractivity (Wildman–Crippen MR) is 97.2 cm³/mol.